The Morgan fingerprint density at radius 3 is 2.65 bits per heavy atom. The van der Waals surface area contributed by atoms with E-state index < -0.39 is 0 Å². The molecule has 2 aromatic rings. The first-order valence-electron chi connectivity index (χ1n) is 6.17. The zero-order valence-corrected chi connectivity index (χ0v) is 11.5. The average molecular weight is 270 g/mol. The van der Waals surface area contributed by atoms with Gasteiger partial charge in [0.05, 0.1) is 14.2 Å². The molecule has 103 valence electrons. The minimum absolute atomic E-state index is 0.360. The Morgan fingerprint density at radius 2 is 1.85 bits per heavy atom. The molecule has 0 saturated carbocycles. The smallest absolute Gasteiger partial charge is 0.143 e. The van der Waals surface area contributed by atoms with Crippen LogP contribution in [0.1, 0.15) is 11.1 Å². The van der Waals surface area contributed by atoms with Gasteiger partial charge in [0, 0.05) is 5.56 Å². The summed E-state index contributed by atoms with van der Waals surface area (Å²) in [6.45, 7) is 0.360. The molecule has 0 heterocycles. The summed E-state index contributed by atoms with van der Waals surface area (Å²) >= 11 is 0. The van der Waals surface area contributed by atoms with Gasteiger partial charge in [0.25, 0.3) is 0 Å². The van der Waals surface area contributed by atoms with Crippen molar-refractivity contribution in [1.82, 2.24) is 0 Å². The lowest BCUT2D eigenvalue weighted by Crippen LogP contribution is -1.92. The van der Waals surface area contributed by atoms with Crippen LogP contribution in [0, 0.1) is 0 Å². The fraction of sp³-hybridized carbons (Fsp3) is 0.188. The Morgan fingerprint density at radius 1 is 1.00 bits per heavy atom. The van der Waals surface area contributed by atoms with E-state index in [-0.39, 0.29) is 0 Å². The second-order valence-electron chi connectivity index (χ2n) is 4.03. The predicted molar refractivity (Wildman–Crippen MR) is 77.3 cm³/mol. The Balaban J connectivity index is 1.93. The molecule has 0 aromatic heterocycles. The lowest BCUT2D eigenvalue weighted by Gasteiger charge is -2.04. The molecule has 0 spiro atoms. The minimum Gasteiger partial charge on any atom is -0.497 e. The zero-order chi connectivity index (χ0) is 14.2. The first-order chi connectivity index (χ1) is 9.83. The van der Waals surface area contributed by atoms with Crippen molar-refractivity contribution >= 4 is 6.21 Å². The summed E-state index contributed by atoms with van der Waals surface area (Å²) in [5, 5.41) is 3.83. The molecule has 2 aromatic carbocycles. The van der Waals surface area contributed by atoms with Crippen LogP contribution in [-0.4, -0.2) is 20.4 Å². The van der Waals surface area contributed by atoms with E-state index in [2.05, 4.69) is 11.4 Å². The van der Waals surface area contributed by atoms with Crippen LogP contribution in [0.15, 0.2) is 53.7 Å². The second-order valence-corrected chi connectivity index (χ2v) is 4.03. The highest BCUT2D eigenvalue weighted by Crippen LogP contribution is 2.15. The molecule has 0 amide bonds. The van der Waals surface area contributed by atoms with Gasteiger partial charge in [-0.3, -0.25) is 0 Å². The summed E-state index contributed by atoms with van der Waals surface area (Å²) in [6.07, 6.45) is 2.81. The number of ether oxygens (including phenoxy) is 2. The monoisotopic (exact) mass is 270 g/mol. The number of methoxy groups -OCH3 is 2. The van der Waals surface area contributed by atoms with E-state index in [0.29, 0.717) is 12.4 Å². The van der Waals surface area contributed by atoms with Crippen molar-refractivity contribution in [2.45, 2.75) is 6.61 Å². The molecule has 0 bridgehead atoms. The Kier molecular flexibility index (Phi) is 5.00. The normalized spacial score (nSPS) is 10.5. The third-order valence-electron chi connectivity index (χ3n) is 2.70. The van der Waals surface area contributed by atoms with E-state index in [1.807, 2.05) is 48.5 Å². The van der Waals surface area contributed by atoms with Gasteiger partial charge in [0.1, 0.15) is 24.3 Å². The average Bonchev–Trinajstić information content (AvgIpc) is 2.52. The molecule has 0 unspecified atom stereocenters. The Hall–Kier alpha value is -2.49. The minimum atomic E-state index is 0.360. The largest absolute Gasteiger partial charge is 0.497 e. The fourth-order valence-corrected chi connectivity index (χ4v) is 1.69. The van der Waals surface area contributed by atoms with E-state index >= 15 is 0 Å². The summed E-state index contributed by atoms with van der Waals surface area (Å²) in [7, 11) is 3.24. The highest BCUT2D eigenvalue weighted by atomic mass is 16.6. The van der Waals surface area contributed by atoms with Crippen LogP contribution in [-0.2, 0) is 11.4 Å². The molecule has 20 heavy (non-hydrogen) atoms. The van der Waals surface area contributed by atoms with Crippen LogP contribution in [0.5, 0.6) is 11.5 Å². The van der Waals surface area contributed by atoms with Crippen molar-refractivity contribution in [3.8, 4) is 11.5 Å². The molecule has 0 atom stereocenters. The van der Waals surface area contributed by atoms with Gasteiger partial charge < -0.3 is 14.3 Å². The molecule has 2 rings (SSSR count). The molecule has 4 nitrogen and oxygen atoms in total. The van der Waals surface area contributed by atoms with Crippen LogP contribution in [0.25, 0.3) is 0 Å². The molecule has 0 N–H and O–H groups in total. The van der Waals surface area contributed by atoms with Crippen molar-refractivity contribution in [3.63, 3.8) is 0 Å². The Labute approximate surface area is 118 Å². The maximum Gasteiger partial charge on any atom is 0.143 e. The molecule has 0 fully saturated rings. The molecule has 0 aliphatic heterocycles. The molecule has 0 aliphatic rings. The maximum atomic E-state index is 5.23. The van der Waals surface area contributed by atoms with Gasteiger partial charge in [0.2, 0.25) is 0 Å². The van der Waals surface area contributed by atoms with Crippen molar-refractivity contribution in [2.24, 2.45) is 5.16 Å². The lowest BCUT2D eigenvalue weighted by atomic mass is 10.2. The van der Waals surface area contributed by atoms with E-state index in [4.69, 9.17) is 14.3 Å². The van der Waals surface area contributed by atoms with E-state index in [0.717, 1.165) is 16.9 Å². The first kappa shape index (κ1) is 13.9. The summed E-state index contributed by atoms with van der Waals surface area (Å²) in [5.74, 6) is 1.50. The first-order valence-corrected chi connectivity index (χ1v) is 6.17. The van der Waals surface area contributed by atoms with Crippen LogP contribution < -0.4 is 9.47 Å². The quantitative estimate of drug-likeness (QED) is 0.598. The van der Waals surface area contributed by atoms with Crippen molar-refractivity contribution in [3.05, 3.63) is 59.7 Å². The predicted octanol–water partition coefficient (Wildman–Crippen LogP) is 3.13. The van der Waals surface area contributed by atoms with Gasteiger partial charge in [0.15, 0.2) is 0 Å². The Bertz CT molecular complexity index is 581. The number of rotatable bonds is 6. The molecular weight excluding hydrogens is 254 g/mol. The maximum absolute atomic E-state index is 5.23. The number of hydrogen-bond donors (Lipinski definition) is 0. The highest BCUT2D eigenvalue weighted by molar-refractivity contribution is 5.82. The van der Waals surface area contributed by atoms with Gasteiger partial charge in [-0.15, -0.1) is 0 Å². The zero-order valence-electron chi connectivity index (χ0n) is 11.5. The molecular formula is C16H16NO3. The topological polar surface area (TPSA) is 40.0 Å². The third kappa shape index (κ3) is 3.75. The van der Waals surface area contributed by atoms with Crippen molar-refractivity contribution in [1.29, 1.82) is 0 Å². The van der Waals surface area contributed by atoms with Crippen LogP contribution in [0.2, 0.25) is 0 Å². The van der Waals surface area contributed by atoms with Crippen molar-refractivity contribution < 1.29 is 14.3 Å². The van der Waals surface area contributed by atoms with Gasteiger partial charge in [-0.25, -0.2) is 0 Å². The summed E-state index contributed by atoms with van der Waals surface area (Å²) in [6, 6.07) is 15.1. The van der Waals surface area contributed by atoms with E-state index in [1.165, 1.54) is 0 Å². The van der Waals surface area contributed by atoms with Crippen LogP contribution >= 0.6 is 0 Å². The number of benzene rings is 2. The van der Waals surface area contributed by atoms with Gasteiger partial charge in [-0.2, -0.15) is 0 Å². The van der Waals surface area contributed by atoms with Crippen LogP contribution in [0.4, 0.5) is 0 Å². The molecule has 0 aliphatic carbocycles. The SMILES string of the molecule is COc1cccc(CO/N=[C]\c2ccccc2OC)c1. The number of para-hydroxylation sites is 1. The second kappa shape index (κ2) is 7.19. The number of nitrogens with zero attached hydrogens (tertiary/aromatic N) is 1. The number of hydrogen-bond acceptors (Lipinski definition) is 4. The third-order valence-corrected chi connectivity index (χ3v) is 2.70. The lowest BCUT2D eigenvalue weighted by molar-refractivity contribution is 0.132. The van der Waals surface area contributed by atoms with Crippen LogP contribution in [0.3, 0.4) is 0 Å². The van der Waals surface area contributed by atoms with E-state index in [1.54, 1.807) is 14.2 Å². The van der Waals surface area contributed by atoms with Crippen molar-refractivity contribution in [2.75, 3.05) is 14.2 Å². The van der Waals surface area contributed by atoms with E-state index in [9.17, 15) is 0 Å². The molecule has 4 heteroatoms. The van der Waals surface area contributed by atoms with Gasteiger partial charge in [-0.1, -0.05) is 29.4 Å². The fourth-order valence-electron chi connectivity index (χ4n) is 1.69. The summed E-state index contributed by atoms with van der Waals surface area (Å²) in [4.78, 5) is 5.23. The standard InChI is InChI=1S/C16H16NO3/c1-18-15-8-5-6-13(10-15)12-20-17-11-14-7-3-4-9-16(14)19-2/h3-10H,12H2,1-2H3. The highest BCUT2D eigenvalue weighted by Gasteiger charge is 1.99. The molecule has 0 saturated heterocycles. The molecule has 1 radical (unpaired) electrons. The summed E-state index contributed by atoms with van der Waals surface area (Å²) < 4.78 is 10.3. The van der Waals surface area contributed by atoms with Gasteiger partial charge in [-0.05, 0) is 29.8 Å². The summed E-state index contributed by atoms with van der Waals surface area (Å²) in [5.41, 5.74) is 1.73. The van der Waals surface area contributed by atoms with Gasteiger partial charge >= 0.3 is 0 Å².